The molecular formula is C20H33N5O. The summed E-state index contributed by atoms with van der Waals surface area (Å²) in [6.07, 6.45) is 1.11. The molecule has 144 valence electrons. The smallest absolute Gasteiger partial charge is 0.241 e. The lowest BCUT2D eigenvalue weighted by atomic mass is 10.0. The van der Waals surface area contributed by atoms with Gasteiger partial charge in [-0.1, -0.05) is 37.3 Å². The van der Waals surface area contributed by atoms with Crippen molar-refractivity contribution in [3.63, 3.8) is 0 Å². The molecule has 0 saturated carbocycles. The fourth-order valence-corrected chi connectivity index (χ4v) is 3.45. The van der Waals surface area contributed by atoms with Gasteiger partial charge in [-0.3, -0.25) is 9.69 Å². The molecule has 1 unspecified atom stereocenters. The van der Waals surface area contributed by atoms with E-state index in [-0.39, 0.29) is 12.5 Å². The van der Waals surface area contributed by atoms with Crippen molar-refractivity contribution in [3.05, 3.63) is 35.9 Å². The third-order valence-corrected chi connectivity index (χ3v) is 4.71. The van der Waals surface area contributed by atoms with Gasteiger partial charge < -0.3 is 15.5 Å². The predicted octanol–water partition coefficient (Wildman–Crippen LogP) is 1.86. The number of guanidine groups is 1. The lowest BCUT2D eigenvalue weighted by Crippen LogP contribution is -2.53. The summed E-state index contributed by atoms with van der Waals surface area (Å²) in [6, 6.07) is 11.2. The number of carbonyl (C=O) groups is 1. The van der Waals surface area contributed by atoms with Gasteiger partial charge in [0.2, 0.25) is 5.91 Å². The summed E-state index contributed by atoms with van der Waals surface area (Å²) in [5.74, 6) is 0.808. The summed E-state index contributed by atoms with van der Waals surface area (Å²) in [5, 5.41) is 6.11. The molecule has 0 radical (unpaired) electrons. The number of piperazine rings is 1. The van der Waals surface area contributed by atoms with Crippen LogP contribution in [0.2, 0.25) is 0 Å². The normalized spacial score (nSPS) is 17.0. The Hall–Kier alpha value is -2.08. The molecule has 1 heterocycles. The number of nitrogens with zero attached hydrogens (tertiary/aromatic N) is 3. The third-order valence-electron chi connectivity index (χ3n) is 4.71. The van der Waals surface area contributed by atoms with Crippen LogP contribution in [0.25, 0.3) is 0 Å². The van der Waals surface area contributed by atoms with Gasteiger partial charge in [0, 0.05) is 45.3 Å². The van der Waals surface area contributed by atoms with Crippen molar-refractivity contribution in [3.8, 4) is 0 Å². The van der Waals surface area contributed by atoms with Crippen molar-refractivity contribution in [2.24, 2.45) is 4.99 Å². The summed E-state index contributed by atoms with van der Waals surface area (Å²) < 4.78 is 0. The molecule has 2 rings (SSSR count). The molecule has 0 aromatic heterocycles. The Labute approximate surface area is 157 Å². The second-order valence-electron chi connectivity index (χ2n) is 6.48. The van der Waals surface area contributed by atoms with Crippen LogP contribution in [0.1, 0.15) is 38.8 Å². The minimum atomic E-state index is -0.0309. The molecule has 1 aromatic rings. The first-order valence-electron chi connectivity index (χ1n) is 9.78. The van der Waals surface area contributed by atoms with E-state index in [2.05, 4.69) is 69.6 Å². The topological polar surface area (TPSA) is 60.0 Å². The lowest BCUT2D eigenvalue weighted by molar-refractivity contribution is -0.119. The Morgan fingerprint density at radius 1 is 1.04 bits per heavy atom. The highest BCUT2D eigenvalue weighted by Crippen LogP contribution is 2.25. The number of benzene rings is 1. The number of amides is 1. The molecular weight excluding hydrogens is 326 g/mol. The summed E-state index contributed by atoms with van der Waals surface area (Å²) in [4.78, 5) is 21.0. The largest absolute Gasteiger partial charge is 0.357 e. The number of carbonyl (C=O) groups excluding carboxylic acids is 1. The molecule has 0 bridgehead atoms. The highest BCUT2D eigenvalue weighted by molar-refractivity contribution is 5.85. The van der Waals surface area contributed by atoms with E-state index >= 15 is 0 Å². The Bertz CT molecular complexity index is 567. The highest BCUT2D eigenvalue weighted by Gasteiger charge is 2.25. The highest BCUT2D eigenvalue weighted by atomic mass is 16.1. The lowest BCUT2D eigenvalue weighted by Gasteiger charge is -2.40. The summed E-state index contributed by atoms with van der Waals surface area (Å²) in [6.45, 7) is 11.7. The van der Waals surface area contributed by atoms with Gasteiger partial charge in [-0.15, -0.1) is 0 Å². The van der Waals surface area contributed by atoms with Crippen LogP contribution in [0.5, 0.6) is 0 Å². The van der Waals surface area contributed by atoms with E-state index in [1.54, 1.807) is 0 Å². The molecule has 0 aliphatic carbocycles. The number of aliphatic imine (C=N–C) groups is 1. The van der Waals surface area contributed by atoms with Gasteiger partial charge in [-0.2, -0.15) is 0 Å². The van der Waals surface area contributed by atoms with Crippen molar-refractivity contribution in [2.45, 2.75) is 33.2 Å². The molecule has 1 aliphatic rings. The van der Waals surface area contributed by atoms with Crippen molar-refractivity contribution in [2.75, 3.05) is 45.8 Å². The molecule has 1 amide bonds. The first kappa shape index (κ1) is 20.2. The van der Waals surface area contributed by atoms with Gasteiger partial charge in [0.05, 0.1) is 0 Å². The second-order valence-corrected chi connectivity index (χ2v) is 6.48. The van der Waals surface area contributed by atoms with E-state index in [4.69, 9.17) is 0 Å². The molecule has 1 atom stereocenters. The van der Waals surface area contributed by atoms with Crippen LogP contribution in [0, 0.1) is 0 Å². The molecule has 6 heteroatoms. The third kappa shape index (κ3) is 5.73. The number of rotatable bonds is 7. The molecule has 1 aromatic carbocycles. The average molecular weight is 360 g/mol. The van der Waals surface area contributed by atoms with E-state index < -0.39 is 0 Å². The van der Waals surface area contributed by atoms with Gasteiger partial charge in [0.1, 0.15) is 6.54 Å². The zero-order chi connectivity index (χ0) is 18.8. The first-order valence-corrected chi connectivity index (χ1v) is 9.78. The Kier molecular flexibility index (Phi) is 8.41. The van der Waals surface area contributed by atoms with Gasteiger partial charge in [-0.25, -0.2) is 4.99 Å². The van der Waals surface area contributed by atoms with Crippen LogP contribution >= 0.6 is 0 Å². The SMILES string of the molecule is CCNC(=O)CN=C(NCC)N1CCN(C(CC)c2ccccc2)CC1. The summed E-state index contributed by atoms with van der Waals surface area (Å²) >= 11 is 0. The fraction of sp³-hybridized carbons (Fsp3) is 0.600. The maximum Gasteiger partial charge on any atom is 0.241 e. The van der Waals surface area contributed by atoms with Gasteiger partial charge in [-0.05, 0) is 25.8 Å². The van der Waals surface area contributed by atoms with Crippen LogP contribution < -0.4 is 10.6 Å². The minimum Gasteiger partial charge on any atom is -0.357 e. The zero-order valence-corrected chi connectivity index (χ0v) is 16.4. The predicted molar refractivity (Wildman–Crippen MR) is 107 cm³/mol. The Morgan fingerprint density at radius 3 is 2.27 bits per heavy atom. The molecule has 0 spiro atoms. The molecule has 1 fully saturated rings. The van der Waals surface area contributed by atoms with Crippen LogP contribution in [0.3, 0.4) is 0 Å². The minimum absolute atomic E-state index is 0.0309. The number of hydrogen-bond donors (Lipinski definition) is 2. The van der Waals surface area contributed by atoms with Crippen LogP contribution in [0.4, 0.5) is 0 Å². The molecule has 2 N–H and O–H groups in total. The van der Waals surface area contributed by atoms with Crippen LogP contribution in [-0.2, 0) is 4.79 Å². The van der Waals surface area contributed by atoms with E-state index in [1.165, 1.54) is 5.56 Å². The Morgan fingerprint density at radius 2 is 1.69 bits per heavy atom. The van der Waals surface area contributed by atoms with Crippen molar-refractivity contribution >= 4 is 11.9 Å². The van der Waals surface area contributed by atoms with Gasteiger partial charge in [0.15, 0.2) is 5.96 Å². The quantitative estimate of drug-likeness (QED) is 0.576. The number of nitrogens with one attached hydrogen (secondary N) is 2. The van der Waals surface area contributed by atoms with Gasteiger partial charge >= 0.3 is 0 Å². The van der Waals surface area contributed by atoms with Crippen molar-refractivity contribution < 1.29 is 4.79 Å². The maximum absolute atomic E-state index is 11.7. The zero-order valence-electron chi connectivity index (χ0n) is 16.4. The molecule has 6 nitrogen and oxygen atoms in total. The molecule has 1 aliphatic heterocycles. The molecule has 1 saturated heterocycles. The van der Waals surface area contributed by atoms with Crippen LogP contribution in [0.15, 0.2) is 35.3 Å². The van der Waals surface area contributed by atoms with E-state index in [1.807, 2.05) is 6.92 Å². The van der Waals surface area contributed by atoms with Gasteiger partial charge in [0.25, 0.3) is 0 Å². The second kappa shape index (κ2) is 10.8. The number of likely N-dealkylation sites (N-methyl/N-ethyl adjacent to an activating group) is 1. The molecule has 26 heavy (non-hydrogen) atoms. The standard InChI is InChI=1S/C20H33N5O/c1-4-18(17-10-8-7-9-11-17)24-12-14-25(15-13-24)20(22-6-3)23-16-19(26)21-5-2/h7-11,18H,4-6,12-16H2,1-3H3,(H,21,26)(H,22,23). The summed E-state index contributed by atoms with van der Waals surface area (Å²) in [7, 11) is 0. The van der Waals surface area contributed by atoms with Crippen molar-refractivity contribution in [1.82, 2.24) is 20.4 Å². The first-order chi connectivity index (χ1) is 12.7. The average Bonchev–Trinajstić information content (AvgIpc) is 2.67. The van der Waals surface area contributed by atoms with E-state index in [0.717, 1.165) is 45.1 Å². The maximum atomic E-state index is 11.7. The fourth-order valence-electron chi connectivity index (χ4n) is 3.45. The number of hydrogen-bond acceptors (Lipinski definition) is 3. The van der Waals surface area contributed by atoms with Crippen LogP contribution in [-0.4, -0.2) is 67.5 Å². The van der Waals surface area contributed by atoms with Crippen molar-refractivity contribution in [1.29, 1.82) is 0 Å². The van der Waals surface area contributed by atoms with E-state index in [0.29, 0.717) is 12.6 Å². The Balaban J connectivity index is 1.96. The summed E-state index contributed by atoms with van der Waals surface area (Å²) in [5.41, 5.74) is 1.39. The van der Waals surface area contributed by atoms with E-state index in [9.17, 15) is 4.79 Å². The monoisotopic (exact) mass is 359 g/mol.